The van der Waals surface area contributed by atoms with Gasteiger partial charge in [-0.3, -0.25) is 4.79 Å². The van der Waals surface area contributed by atoms with Gasteiger partial charge < -0.3 is 4.74 Å². The van der Waals surface area contributed by atoms with Crippen LogP contribution in [0.3, 0.4) is 0 Å². The van der Waals surface area contributed by atoms with Gasteiger partial charge in [-0.25, -0.2) is 0 Å². The first-order chi connectivity index (χ1) is 10.3. The zero-order valence-electron chi connectivity index (χ0n) is 14.6. The van der Waals surface area contributed by atoms with Crippen LogP contribution in [0.5, 0.6) is 0 Å². The molecule has 0 unspecified atom stereocenters. The third-order valence-electron chi connectivity index (χ3n) is 4.21. The van der Waals surface area contributed by atoms with Crippen LogP contribution in [0.4, 0.5) is 0 Å². The average Bonchev–Trinajstić information content (AvgIpc) is 2.50. The summed E-state index contributed by atoms with van der Waals surface area (Å²) in [4.78, 5) is 10.9. The summed E-state index contributed by atoms with van der Waals surface area (Å²) in [5.74, 6) is -0.0651. The van der Waals surface area contributed by atoms with E-state index in [0.29, 0.717) is 6.42 Å². The van der Waals surface area contributed by atoms with Gasteiger partial charge in [0.1, 0.15) is 0 Å². The van der Waals surface area contributed by atoms with Crippen LogP contribution in [0, 0.1) is 0 Å². The molecule has 0 amide bonds. The minimum atomic E-state index is -0.0651. The van der Waals surface area contributed by atoms with E-state index >= 15 is 0 Å². The number of hydrogen-bond acceptors (Lipinski definition) is 2. The molecule has 0 aromatic carbocycles. The predicted octanol–water partition coefficient (Wildman–Crippen LogP) is 5.77. The minimum absolute atomic E-state index is 0. The Morgan fingerprint density at radius 1 is 0.636 bits per heavy atom. The Balaban J connectivity index is 0. The summed E-state index contributed by atoms with van der Waals surface area (Å²) in [6, 6.07) is 0. The normalized spacial score (nSPS) is 10.3. The predicted molar refractivity (Wildman–Crippen MR) is 98.7 cm³/mol. The molecule has 22 heavy (non-hydrogen) atoms. The summed E-state index contributed by atoms with van der Waals surface area (Å²) in [5.41, 5.74) is 0. The standard InChI is InChI=1S/C19H38O2.Na.H/c1-3-4-5-6-7-8-9-10-11-12-13-14-15-16-17-18-19(20)21-2;;/h3-18H2,1-2H3;;. The number of rotatable bonds is 16. The molecule has 0 aromatic heterocycles. The Labute approximate surface area is 161 Å². The monoisotopic (exact) mass is 322 g/mol. The summed E-state index contributed by atoms with van der Waals surface area (Å²) >= 11 is 0. The van der Waals surface area contributed by atoms with E-state index in [2.05, 4.69) is 11.7 Å². The van der Waals surface area contributed by atoms with Crippen molar-refractivity contribution >= 4 is 35.5 Å². The number of methoxy groups -OCH3 is 1. The maximum absolute atomic E-state index is 10.9. The van der Waals surface area contributed by atoms with Crippen molar-refractivity contribution in [1.29, 1.82) is 0 Å². The van der Waals surface area contributed by atoms with Gasteiger partial charge in [-0.2, -0.15) is 0 Å². The van der Waals surface area contributed by atoms with Crippen LogP contribution in [-0.4, -0.2) is 42.6 Å². The van der Waals surface area contributed by atoms with Gasteiger partial charge >= 0.3 is 35.5 Å². The van der Waals surface area contributed by atoms with E-state index < -0.39 is 0 Å². The molecule has 0 fully saturated rings. The van der Waals surface area contributed by atoms with Crippen LogP contribution >= 0.6 is 0 Å². The first kappa shape index (κ1) is 24.7. The number of ether oxygens (including phenoxy) is 1. The molecule has 0 saturated carbocycles. The molecule has 0 aliphatic heterocycles. The van der Waals surface area contributed by atoms with Crippen molar-refractivity contribution in [3.63, 3.8) is 0 Å². The molecule has 0 spiro atoms. The average molecular weight is 323 g/mol. The van der Waals surface area contributed by atoms with Crippen molar-refractivity contribution in [2.45, 2.75) is 110 Å². The molecule has 0 atom stereocenters. The number of unbranched alkanes of at least 4 members (excludes halogenated alkanes) is 14. The van der Waals surface area contributed by atoms with Crippen molar-refractivity contribution in [2.75, 3.05) is 7.11 Å². The van der Waals surface area contributed by atoms with Crippen LogP contribution in [0.15, 0.2) is 0 Å². The SMILES string of the molecule is CCCCCCCCCCCCCCCCCC(=O)OC.[NaH]. The van der Waals surface area contributed by atoms with Gasteiger partial charge in [-0.1, -0.05) is 96.8 Å². The van der Waals surface area contributed by atoms with Gasteiger partial charge in [0.25, 0.3) is 0 Å². The maximum atomic E-state index is 10.9. The van der Waals surface area contributed by atoms with E-state index in [1.807, 2.05) is 0 Å². The fourth-order valence-corrected chi connectivity index (χ4v) is 2.74. The van der Waals surface area contributed by atoms with Crippen molar-refractivity contribution in [1.82, 2.24) is 0 Å². The van der Waals surface area contributed by atoms with Crippen LogP contribution in [-0.2, 0) is 9.53 Å². The van der Waals surface area contributed by atoms with Gasteiger partial charge in [0.05, 0.1) is 7.11 Å². The van der Waals surface area contributed by atoms with Crippen LogP contribution in [0.2, 0.25) is 0 Å². The van der Waals surface area contributed by atoms with Gasteiger partial charge in [-0.05, 0) is 6.42 Å². The Bertz CT molecular complexity index is 219. The molecule has 0 N–H and O–H groups in total. The van der Waals surface area contributed by atoms with Gasteiger partial charge in [-0.15, -0.1) is 0 Å². The quantitative estimate of drug-likeness (QED) is 0.205. The molecule has 0 heterocycles. The molecule has 0 radical (unpaired) electrons. The molecule has 3 heteroatoms. The van der Waals surface area contributed by atoms with Crippen LogP contribution in [0.1, 0.15) is 110 Å². The molecular formula is C19H39NaO2. The second-order valence-corrected chi connectivity index (χ2v) is 6.28. The van der Waals surface area contributed by atoms with E-state index in [9.17, 15) is 4.79 Å². The Kier molecular flexibility index (Phi) is 24.1. The summed E-state index contributed by atoms with van der Waals surface area (Å²) in [5, 5.41) is 0. The fraction of sp³-hybridized carbons (Fsp3) is 0.947. The molecule has 0 aliphatic rings. The topological polar surface area (TPSA) is 26.3 Å². The van der Waals surface area contributed by atoms with Crippen molar-refractivity contribution in [3.05, 3.63) is 0 Å². The first-order valence-electron chi connectivity index (χ1n) is 9.38. The molecule has 0 aromatic rings. The number of hydrogen-bond donors (Lipinski definition) is 0. The summed E-state index contributed by atoms with van der Waals surface area (Å²) < 4.78 is 4.63. The molecule has 0 saturated heterocycles. The molecular weight excluding hydrogens is 283 g/mol. The molecule has 128 valence electrons. The van der Waals surface area contributed by atoms with Crippen LogP contribution < -0.4 is 0 Å². The third kappa shape index (κ3) is 20.5. The molecule has 2 nitrogen and oxygen atoms in total. The van der Waals surface area contributed by atoms with E-state index in [4.69, 9.17) is 0 Å². The van der Waals surface area contributed by atoms with E-state index in [0.717, 1.165) is 6.42 Å². The molecule has 0 rings (SSSR count). The zero-order valence-corrected chi connectivity index (χ0v) is 14.6. The second kappa shape index (κ2) is 21.5. The Morgan fingerprint density at radius 2 is 0.955 bits per heavy atom. The summed E-state index contributed by atoms with van der Waals surface area (Å²) in [6.45, 7) is 2.28. The number of esters is 1. The van der Waals surface area contributed by atoms with E-state index in [1.165, 1.54) is 97.0 Å². The Morgan fingerprint density at radius 3 is 1.27 bits per heavy atom. The third-order valence-corrected chi connectivity index (χ3v) is 4.21. The van der Waals surface area contributed by atoms with Crippen molar-refractivity contribution in [3.8, 4) is 0 Å². The molecule has 0 aliphatic carbocycles. The van der Waals surface area contributed by atoms with Gasteiger partial charge in [0.15, 0.2) is 0 Å². The van der Waals surface area contributed by atoms with Gasteiger partial charge in [0, 0.05) is 6.42 Å². The summed E-state index contributed by atoms with van der Waals surface area (Å²) in [6.07, 6.45) is 20.9. The second-order valence-electron chi connectivity index (χ2n) is 6.28. The first-order valence-corrected chi connectivity index (χ1v) is 9.38. The number of carbonyl (C=O) groups is 1. The zero-order chi connectivity index (χ0) is 15.6. The van der Waals surface area contributed by atoms with Crippen molar-refractivity contribution < 1.29 is 9.53 Å². The Hall–Kier alpha value is 0.470. The number of carbonyl (C=O) groups excluding carboxylic acids is 1. The van der Waals surface area contributed by atoms with E-state index in [-0.39, 0.29) is 35.5 Å². The van der Waals surface area contributed by atoms with E-state index in [1.54, 1.807) is 0 Å². The van der Waals surface area contributed by atoms with Gasteiger partial charge in [0.2, 0.25) is 0 Å². The fourth-order valence-electron chi connectivity index (χ4n) is 2.74. The molecule has 0 bridgehead atoms. The summed E-state index contributed by atoms with van der Waals surface area (Å²) in [7, 11) is 1.47. The van der Waals surface area contributed by atoms with Crippen LogP contribution in [0.25, 0.3) is 0 Å². The van der Waals surface area contributed by atoms with Crippen molar-refractivity contribution in [2.24, 2.45) is 0 Å².